The van der Waals surface area contributed by atoms with Crippen LogP contribution in [0.25, 0.3) is 0 Å². The van der Waals surface area contributed by atoms with E-state index in [0.29, 0.717) is 6.42 Å². The molecule has 0 radical (unpaired) electrons. The average molecular weight is 198 g/mol. The zero-order valence-corrected chi connectivity index (χ0v) is 8.60. The fourth-order valence-corrected chi connectivity index (χ4v) is 1.98. The molecule has 1 heteroatoms. The topological polar surface area (TPSA) is 17.1 Å². The molecular formula is C14H14O. The highest BCUT2D eigenvalue weighted by Crippen LogP contribution is 2.30. The quantitative estimate of drug-likeness (QED) is 0.679. The van der Waals surface area contributed by atoms with Crippen molar-refractivity contribution in [2.24, 2.45) is 0 Å². The summed E-state index contributed by atoms with van der Waals surface area (Å²) in [6.45, 7) is 0. The fraction of sp³-hybridized carbons (Fsp3) is 0.214. The Bertz CT molecular complexity index is 387. The zero-order chi connectivity index (χ0) is 10.5. The summed E-state index contributed by atoms with van der Waals surface area (Å²) < 4.78 is 0. The van der Waals surface area contributed by atoms with Gasteiger partial charge < -0.3 is 4.79 Å². The van der Waals surface area contributed by atoms with Gasteiger partial charge in [-0.05, 0) is 17.6 Å². The Balaban J connectivity index is 2.27. The Morgan fingerprint density at radius 3 is 2.67 bits per heavy atom. The van der Waals surface area contributed by atoms with Gasteiger partial charge in [-0.15, -0.1) is 0 Å². The monoisotopic (exact) mass is 198 g/mol. The third-order valence-corrected chi connectivity index (χ3v) is 2.74. The van der Waals surface area contributed by atoms with Gasteiger partial charge in [0, 0.05) is 12.3 Å². The molecule has 2 rings (SSSR count). The summed E-state index contributed by atoms with van der Waals surface area (Å²) in [6.07, 6.45) is 9.03. The van der Waals surface area contributed by atoms with Crippen LogP contribution in [0.3, 0.4) is 0 Å². The number of carbonyl (C=O) groups excluding carboxylic acids is 1. The van der Waals surface area contributed by atoms with Crippen LogP contribution in [0.5, 0.6) is 0 Å². The molecule has 15 heavy (non-hydrogen) atoms. The summed E-state index contributed by atoms with van der Waals surface area (Å²) in [4.78, 5) is 10.7. The highest BCUT2D eigenvalue weighted by molar-refractivity contribution is 5.55. The van der Waals surface area contributed by atoms with Gasteiger partial charge in [0.05, 0.1) is 0 Å². The number of benzene rings is 1. The van der Waals surface area contributed by atoms with Gasteiger partial charge in [0.25, 0.3) is 0 Å². The summed E-state index contributed by atoms with van der Waals surface area (Å²) >= 11 is 0. The molecule has 1 unspecified atom stereocenters. The highest BCUT2D eigenvalue weighted by Gasteiger charge is 2.15. The van der Waals surface area contributed by atoms with E-state index < -0.39 is 0 Å². The third-order valence-electron chi connectivity index (χ3n) is 2.74. The van der Waals surface area contributed by atoms with Crippen LogP contribution in [-0.4, -0.2) is 6.29 Å². The van der Waals surface area contributed by atoms with Crippen molar-refractivity contribution >= 4 is 6.29 Å². The number of hydrogen-bond acceptors (Lipinski definition) is 1. The van der Waals surface area contributed by atoms with Crippen molar-refractivity contribution in [3.8, 4) is 0 Å². The van der Waals surface area contributed by atoms with E-state index in [1.807, 2.05) is 18.2 Å². The molecule has 76 valence electrons. The lowest BCUT2D eigenvalue weighted by Gasteiger charge is -2.14. The van der Waals surface area contributed by atoms with Crippen molar-refractivity contribution < 1.29 is 4.79 Å². The van der Waals surface area contributed by atoms with Gasteiger partial charge in [0.15, 0.2) is 0 Å². The minimum Gasteiger partial charge on any atom is -0.303 e. The van der Waals surface area contributed by atoms with Crippen LogP contribution in [0, 0.1) is 0 Å². The fourth-order valence-electron chi connectivity index (χ4n) is 1.98. The Morgan fingerprint density at radius 1 is 1.27 bits per heavy atom. The number of rotatable bonds is 4. The predicted octanol–water partition coefficient (Wildman–Crippen LogP) is 3.25. The molecule has 0 spiro atoms. The van der Waals surface area contributed by atoms with E-state index in [1.165, 1.54) is 11.1 Å². The molecule has 0 saturated carbocycles. The van der Waals surface area contributed by atoms with Gasteiger partial charge in [-0.2, -0.15) is 0 Å². The summed E-state index contributed by atoms with van der Waals surface area (Å²) in [7, 11) is 0. The van der Waals surface area contributed by atoms with Gasteiger partial charge in [-0.25, -0.2) is 0 Å². The molecule has 0 heterocycles. The summed E-state index contributed by atoms with van der Waals surface area (Å²) in [5.74, 6) is 0.238. The average Bonchev–Trinajstić information content (AvgIpc) is 2.80. The second-order valence-electron chi connectivity index (χ2n) is 3.71. The van der Waals surface area contributed by atoms with Crippen LogP contribution in [0.4, 0.5) is 0 Å². The number of carbonyl (C=O) groups is 1. The van der Waals surface area contributed by atoms with Gasteiger partial charge in [0.1, 0.15) is 6.29 Å². The van der Waals surface area contributed by atoms with E-state index in [0.717, 1.165) is 12.7 Å². The molecule has 0 amide bonds. The van der Waals surface area contributed by atoms with Crippen LogP contribution < -0.4 is 0 Å². The summed E-state index contributed by atoms with van der Waals surface area (Å²) in [5.41, 5.74) is 2.50. The van der Waals surface area contributed by atoms with Crippen LogP contribution in [0.1, 0.15) is 24.3 Å². The molecule has 1 aliphatic carbocycles. The van der Waals surface area contributed by atoms with E-state index >= 15 is 0 Å². The van der Waals surface area contributed by atoms with Crippen molar-refractivity contribution in [1.82, 2.24) is 0 Å². The minimum absolute atomic E-state index is 0.238. The molecule has 0 aliphatic heterocycles. The number of allylic oxidation sites excluding steroid dienone is 4. The maximum Gasteiger partial charge on any atom is 0.120 e. The number of aldehydes is 1. The SMILES string of the molecule is O=CCC(C1=CCC=C1)c1ccccc1. The largest absolute Gasteiger partial charge is 0.303 e. The van der Waals surface area contributed by atoms with Crippen LogP contribution in [0.15, 0.2) is 54.1 Å². The minimum atomic E-state index is 0.238. The molecule has 1 aromatic rings. The maximum absolute atomic E-state index is 10.7. The molecule has 0 fully saturated rings. The van der Waals surface area contributed by atoms with Gasteiger partial charge in [-0.1, -0.05) is 48.6 Å². The molecule has 1 nitrogen and oxygen atoms in total. The van der Waals surface area contributed by atoms with Gasteiger partial charge in [0.2, 0.25) is 0 Å². The van der Waals surface area contributed by atoms with Gasteiger partial charge in [-0.3, -0.25) is 0 Å². The maximum atomic E-state index is 10.7. The van der Waals surface area contributed by atoms with E-state index in [2.05, 4.69) is 30.4 Å². The first-order valence-electron chi connectivity index (χ1n) is 5.27. The molecular weight excluding hydrogens is 184 g/mol. The highest BCUT2D eigenvalue weighted by atomic mass is 16.1. The van der Waals surface area contributed by atoms with Crippen LogP contribution in [0.2, 0.25) is 0 Å². The molecule has 0 aromatic heterocycles. The first kappa shape index (κ1) is 9.91. The molecule has 1 atom stereocenters. The van der Waals surface area contributed by atoms with Crippen LogP contribution in [-0.2, 0) is 4.79 Å². The van der Waals surface area contributed by atoms with Crippen LogP contribution >= 0.6 is 0 Å². The van der Waals surface area contributed by atoms with Crippen molar-refractivity contribution in [2.45, 2.75) is 18.8 Å². The standard InChI is InChI=1S/C14H14O/c15-11-10-14(13-8-4-5-9-13)12-6-2-1-3-7-12/h1-4,6-9,11,14H,5,10H2. The number of hydrogen-bond donors (Lipinski definition) is 0. The van der Waals surface area contributed by atoms with Crippen molar-refractivity contribution in [3.63, 3.8) is 0 Å². The van der Waals surface area contributed by atoms with Crippen molar-refractivity contribution in [1.29, 1.82) is 0 Å². The van der Waals surface area contributed by atoms with E-state index in [4.69, 9.17) is 0 Å². The van der Waals surface area contributed by atoms with Gasteiger partial charge >= 0.3 is 0 Å². The second kappa shape index (κ2) is 4.74. The Labute approximate surface area is 90.1 Å². The molecule has 0 bridgehead atoms. The first-order chi connectivity index (χ1) is 7.42. The summed E-state index contributed by atoms with van der Waals surface area (Å²) in [6, 6.07) is 10.2. The lowest BCUT2D eigenvalue weighted by molar-refractivity contribution is -0.108. The molecule has 1 aromatic carbocycles. The normalized spacial score (nSPS) is 16.1. The Kier molecular flexibility index (Phi) is 3.13. The molecule has 0 N–H and O–H groups in total. The predicted molar refractivity (Wildman–Crippen MR) is 61.7 cm³/mol. The first-order valence-corrected chi connectivity index (χ1v) is 5.27. The molecule has 0 saturated heterocycles. The Hall–Kier alpha value is -1.63. The van der Waals surface area contributed by atoms with E-state index in [1.54, 1.807) is 0 Å². The zero-order valence-electron chi connectivity index (χ0n) is 8.60. The lowest BCUT2D eigenvalue weighted by atomic mass is 9.89. The lowest BCUT2D eigenvalue weighted by Crippen LogP contribution is -2.01. The third kappa shape index (κ3) is 2.24. The van der Waals surface area contributed by atoms with Crippen molar-refractivity contribution in [3.05, 3.63) is 59.7 Å². The van der Waals surface area contributed by atoms with Crippen molar-refractivity contribution in [2.75, 3.05) is 0 Å². The van der Waals surface area contributed by atoms with E-state index in [9.17, 15) is 4.79 Å². The Morgan fingerprint density at radius 2 is 2.07 bits per heavy atom. The van der Waals surface area contributed by atoms with E-state index in [-0.39, 0.29) is 5.92 Å². The summed E-state index contributed by atoms with van der Waals surface area (Å²) in [5, 5.41) is 0. The smallest absolute Gasteiger partial charge is 0.120 e. The molecule has 1 aliphatic rings. The second-order valence-corrected chi connectivity index (χ2v) is 3.71.